The predicted octanol–water partition coefficient (Wildman–Crippen LogP) is 5.61. The van der Waals surface area contributed by atoms with Crippen LogP contribution in [0.2, 0.25) is 0 Å². The van der Waals surface area contributed by atoms with Crippen molar-refractivity contribution >= 4 is 17.3 Å². The number of carbonyl (C=O) groups excluding carboxylic acids is 1. The third kappa shape index (κ3) is 6.07. The van der Waals surface area contributed by atoms with Gasteiger partial charge in [-0.2, -0.15) is 0 Å². The Kier molecular flexibility index (Phi) is 9.05. The highest BCUT2D eigenvalue weighted by Gasteiger charge is 2.43. The van der Waals surface area contributed by atoms with Crippen molar-refractivity contribution < 1.29 is 9.63 Å². The van der Waals surface area contributed by atoms with Crippen LogP contribution in [0.25, 0.3) is 0 Å². The van der Waals surface area contributed by atoms with E-state index < -0.39 is 0 Å². The van der Waals surface area contributed by atoms with Gasteiger partial charge in [0.2, 0.25) is 0 Å². The molecule has 0 saturated carbocycles. The molecule has 3 rings (SSSR count). The van der Waals surface area contributed by atoms with Crippen molar-refractivity contribution in [1.29, 1.82) is 0 Å². The molecule has 1 aliphatic rings. The number of oxime groups is 1. The van der Waals surface area contributed by atoms with E-state index in [1.807, 2.05) is 66.4 Å². The topological polar surface area (TPSA) is 45.1 Å². The van der Waals surface area contributed by atoms with E-state index in [0.29, 0.717) is 12.3 Å². The average molecular weight is 434 g/mol. The highest BCUT2D eigenvalue weighted by Crippen LogP contribution is 2.42. The second-order valence-electron chi connectivity index (χ2n) is 8.13. The molecule has 5 nitrogen and oxygen atoms in total. The number of nitrogens with zero attached hydrogens (tertiary/aromatic N) is 3. The van der Waals surface area contributed by atoms with Gasteiger partial charge in [-0.3, -0.25) is 9.69 Å². The van der Waals surface area contributed by atoms with E-state index >= 15 is 0 Å². The lowest BCUT2D eigenvalue weighted by Gasteiger charge is -2.43. The van der Waals surface area contributed by atoms with Gasteiger partial charge in [0.05, 0.1) is 11.8 Å². The van der Waals surface area contributed by atoms with Crippen LogP contribution in [0.4, 0.5) is 5.69 Å². The van der Waals surface area contributed by atoms with Gasteiger partial charge in [-0.15, -0.1) is 0 Å². The Hall–Kier alpha value is -2.92. The normalized spacial score (nSPS) is 17.7. The lowest BCUT2D eigenvalue weighted by molar-refractivity contribution is -0.119. The van der Waals surface area contributed by atoms with Crippen LogP contribution in [-0.4, -0.2) is 42.8 Å². The maximum Gasteiger partial charge on any atom is 0.257 e. The molecule has 5 heteroatoms. The first-order valence-electron chi connectivity index (χ1n) is 11.7. The maximum atomic E-state index is 13.0. The van der Waals surface area contributed by atoms with Crippen LogP contribution >= 0.6 is 0 Å². The number of amides is 1. The quantitative estimate of drug-likeness (QED) is 0.144. The Morgan fingerprint density at radius 2 is 1.69 bits per heavy atom. The van der Waals surface area contributed by atoms with Gasteiger partial charge in [-0.05, 0) is 56.6 Å². The van der Waals surface area contributed by atoms with Crippen molar-refractivity contribution in [2.75, 3.05) is 31.1 Å². The Morgan fingerprint density at radius 1 is 1.03 bits per heavy atom. The van der Waals surface area contributed by atoms with Crippen LogP contribution in [0.1, 0.15) is 51.6 Å². The average Bonchev–Trinajstić information content (AvgIpc) is 2.83. The fraction of sp³-hybridized carbons (Fsp3) is 0.407. The molecule has 0 N–H and O–H groups in total. The molecular weight excluding hydrogens is 398 g/mol. The summed E-state index contributed by atoms with van der Waals surface area (Å²) < 4.78 is 0. The Balaban J connectivity index is 1.63. The van der Waals surface area contributed by atoms with E-state index in [1.54, 1.807) is 0 Å². The molecule has 0 aromatic heterocycles. The van der Waals surface area contributed by atoms with Crippen LogP contribution in [0.3, 0.4) is 0 Å². The van der Waals surface area contributed by atoms with E-state index in [9.17, 15) is 4.79 Å². The first-order chi connectivity index (χ1) is 15.7. The summed E-state index contributed by atoms with van der Waals surface area (Å²) in [6, 6.07) is 19.8. The number of anilines is 1. The molecule has 1 saturated heterocycles. The van der Waals surface area contributed by atoms with Gasteiger partial charge in [0.15, 0.2) is 0 Å². The predicted molar refractivity (Wildman–Crippen MR) is 132 cm³/mol. The van der Waals surface area contributed by atoms with Crippen molar-refractivity contribution in [3.63, 3.8) is 0 Å². The zero-order chi connectivity index (χ0) is 22.8. The number of allylic oxidation sites excluding steroid dienone is 1. The SMILES string of the molecule is CCCCN(CC)CCCON=C(C)/C=C1/C(=O)N(c2ccccc2)C1c1ccccc1. The molecule has 2 aromatic carbocycles. The Bertz CT molecular complexity index is 909. The minimum Gasteiger partial charge on any atom is -0.396 e. The van der Waals surface area contributed by atoms with Gasteiger partial charge in [-0.25, -0.2) is 0 Å². The summed E-state index contributed by atoms with van der Waals surface area (Å²) in [6.45, 7) is 10.1. The first-order valence-corrected chi connectivity index (χ1v) is 11.7. The molecular formula is C27H35N3O2. The largest absolute Gasteiger partial charge is 0.396 e. The van der Waals surface area contributed by atoms with E-state index in [-0.39, 0.29) is 11.9 Å². The molecule has 2 aromatic rings. The second kappa shape index (κ2) is 12.2. The van der Waals surface area contributed by atoms with E-state index in [1.165, 1.54) is 12.8 Å². The third-order valence-corrected chi connectivity index (χ3v) is 5.73. The summed E-state index contributed by atoms with van der Waals surface area (Å²) in [6.07, 6.45) is 5.25. The standard InChI is InChI=1S/C27H35N3O2/c1-4-6-18-29(5-2)19-13-20-32-28-22(3)21-25-26(23-14-9-7-10-15-23)30(27(25)31)24-16-11-8-12-17-24/h7-12,14-17,21,26H,4-6,13,18-20H2,1-3H3/b25-21+,28-22?. The van der Waals surface area contributed by atoms with Crippen LogP contribution in [-0.2, 0) is 9.63 Å². The highest BCUT2D eigenvalue weighted by atomic mass is 16.6. The van der Waals surface area contributed by atoms with Crippen molar-refractivity contribution in [2.45, 2.75) is 46.1 Å². The zero-order valence-corrected chi connectivity index (χ0v) is 19.5. The molecule has 1 heterocycles. The summed E-state index contributed by atoms with van der Waals surface area (Å²) in [5, 5.41) is 4.24. The van der Waals surface area contributed by atoms with Gasteiger partial charge in [-0.1, -0.05) is 74.0 Å². The van der Waals surface area contributed by atoms with Gasteiger partial charge in [0.25, 0.3) is 5.91 Å². The fourth-order valence-electron chi connectivity index (χ4n) is 3.97. The summed E-state index contributed by atoms with van der Waals surface area (Å²) in [4.78, 5) is 22.8. The number of rotatable bonds is 12. The molecule has 1 atom stereocenters. The molecule has 0 aliphatic carbocycles. The molecule has 1 fully saturated rings. The Labute approximate surface area is 192 Å². The van der Waals surface area contributed by atoms with Crippen LogP contribution in [0, 0.1) is 0 Å². The molecule has 1 amide bonds. The first kappa shape index (κ1) is 23.7. The van der Waals surface area contributed by atoms with Crippen LogP contribution in [0.5, 0.6) is 0 Å². The van der Waals surface area contributed by atoms with Crippen LogP contribution in [0.15, 0.2) is 77.5 Å². The molecule has 170 valence electrons. The lowest BCUT2D eigenvalue weighted by Crippen LogP contribution is -2.49. The number of hydrogen-bond donors (Lipinski definition) is 0. The van der Waals surface area contributed by atoms with E-state index in [2.05, 4.69) is 36.0 Å². The summed E-state index contributed by atoms with van der Waals surface area (Å²) in [5.41, 5.74) is 3.43. The number of carbonyl (C=O) groups is 1. The molecule has 1 unspecified atom stereocenters. The minimum atomic E-state index is -0.118. The molecule has 0 radical (unpaired) electrons. The monoisotopic (exact) mass is 433 g/mol. The van der Waals surface area contributed by atoms with Crippen LogP contribution < -0.4 is 4.90 Å². The molecule has 1 aliphatic heterocycles. The number of para-hydroxylation sites is 1. The van der Waals surface area contributed by atoms with Crippen molar-refractivity contribution in [1.82, 2.24) is 4.90 Å². The summed E-state index contributed by atoms with van der Waals surface area (Å²) >= 11 is 0. The maximum absolute atomic E-state index is 13.0. The minimum absolute atomic E-state index is 0.00844. The van der Waals surface area contributed by atoms with Crippen molar-refractivity contribution in [3.8, 4) is 0 Å². The number of β-lactam (4-membered cyclic amide) rings is 1. The highest BCUT2D eigenvalue weighted by molar-refractivity contribution is 6.18. The molecule has 32 heavy (non-hydrogen) atoms. The molecule has 0 spiro atoms. The zero-order valence-electron chi connectivity index (χ0n) is 19.5. The lowest BCUT2D eigenvalue weighted by atomic mass is 9.86. The fourth-order valence-corrected chi connectivity index (χ4v) is 3.97. The van der Waals surface area contributed by atoms with Gasteiger partial charge < -0.3 is 9.74 Å². The number of unbranched alkanes of at least 4 members (excludes halogenated alkanes) is 1. The summed E-state index contributed by atoms with van der Waals surface area (Å²) in [7, 11) is 0. The third-order valence-electron chi connectivity index (χ3n) is 5.73. The summed E-state index contributed by atoms with van der Waals surface area (Å²) in [5.74, 6) is 0.00844. The van der Waals surface area contributed by atoms with Gasteiger partial charge >= 0.3 is 0 Å². The molecule has 0 bridgehead atoms. The Morgan fingerprint density at radius 3 is 2.34 bits per heavy atom. The number of benzene rings is 2. The van der Waals surface area contributed by atoms with Crippen molar-refractivity contribution in [3.05, 3.63) is 77.9 Å². The van der Waals surface area contributed by atoms with Crippen molar-refractivity contribution in [2.24, 2.45) is 5.16 Å². The van der Waals surface area contributed by atoms with Gasteiger partial charge in [0.1, 0.15) is 6.61 Å². The number of hydrogen-bond acceptors (Lipinski definition) is 4. The van der Waals surface area contributed by atoms with E-state index in [0.717, 1.165) is 42.9 Å². The van der Waals surface area contributed by atoms with Gasteiger partial charge in [0, 0.05) is 17.8 Å². The van der Waals surface area contributed by atoms with E-state index in [4.69, 9.17) is 4.84 Å². The second-order valence-corrected chi connectivity index (χ2v) is 8.13. The smallest absolute Gasteiger partial charge is 0.257 e.